The second kappa shape index (κ2) is 4.55. The fraction of sp³-hybridized carbons (Fsp3) is 0.111. The first-order chi connectivity index (χ1) is 7.25. The molecule has 0 saturated carbocycles. The van der Waals surface area contributed by atoms with E-state index in [1.54, 1.807) is 6.20 Å². The second-order valence-corrected chi connectivity index (χ2v) is 4.18. The lowest BCUT2D eigenvalue weighted by Crippen LogP contribution is -2.02. The summed E-state index contributed by atoms with van der Waals surface area (Å²) in [4.78, 5) is 7.89. The van der Waals surface area contributed by atoms with Gasteiger partial charge in [0.25, 0.3) is 0 Å². The van der Waals surface area contributed by atoms with Gasteiger partial charge in [-0.25, -0.2) is 14.4 Å². The quantitative estimate of drug-likeness (QED) is 0.901. The Morgan fingerprint density at radius 2 is 2.33 bits per heavy atom. The molecule has 0 aromatic carbocycles. The first-order valence-electron chi connectivity index (χ1n) is 4.19. The molecule has 0 saturated heterocycles. The average Bonchev–Trinajstić information content (AvgIpc) is 2.69. The predicted molar refractivity (Wildman–Crippen MR) is 58.6 cm³/mol. The third kappa shape index (κ3) is 2.64. The van der Waals surface area contributed by atoms with E-state index in [9.17, 15) is 4.39 Å². The molecule has 0 unspecified atom stereocenters. The van der Waals surface area contributed by atoms with Crippen molar-refractivity contribution in [2.24, 2.45) is 0 Å². The van der Waals surface area contributed by atoms with E-state index in [1.165, 1.54) is 23.6 Å². The Bertz CT molecular complexity index is 447. The molecule has 0 aliphatic rings. The van der Waals surface area contributed by atoms with Gasteiger partial charge in [0.2, 0.25) is 0 Å². The Morgan fingerprint density at radius 1 is 1.47 bits per heavy atom. The van der Waals surface area contributed by atoms with Crippen LogP contribution in [0.2, 0.25) is 5.02 Å². The summed E-state index contributed by atoms with van der Waals surface area (Å²) in [6.45, 7) is 0.462. The zero-order valence-electron chi connectivity index (χ0n) is 7.58. The van der Waals surface area contributed by atoms with E-state index < -0.39 is 5.82 Å². The van der Waals surface area contributed by atoms with Crippen LogP contribution in [0, 0.1) is 5.82 Å². The van der Waals surface area contributed by atoms with Crippen molar-refractivity contribution in [2.75, 3.05) is 5.32 Å². The molecule has 0 spiro atoms. The number of nitrogens with zero attached hydrogens (tertiary/aromatic N) is 2. The molecule has 0 amide bonds. The van der Waals surface area contributed by atoms with Crippen LogP contribution in [0.15, 0.2) is 23.8 Å². The van der Waals surface area contributed by atoms with E-state index in [1.807, 2.05) is 5.38 Å². The Hall–Kier alpha value is -1.20. The zero-order valence-corrected chi connectivity index (χ0v) is 9.15. The van der Waals surface area contributed by atoms with Crippen molar-refractivity contribution < 1.29 is 4.39 Å². The summed E-state index contributed by atoms with van der Waals surface area (Å²) in [5.74, 6) is -0.270. The van der Waals surface area contributed by atoms with Crippen molar-refractivity contribution in [3.05, 3.63) is 39.7 Å². The molecule has 2 aromatic heterocycles. The van der Waals surface area contributed by atoms with E-state index in [4.69, 9.17) is 11.6 Å². The predicted octanol–water partition coefficient (Wildman–Crippen LogP) is 2.94. The van der Waals surface area contributed by atoms with Gasteiger partial charge in [-0.1, -0.05) is 11.6 Å². The Balaban J connectivity index is 2.05. The third-order valence-corrected chi connectivity index (χ3v) is 2.68. The third-order valence-electron chi connectivity index (χ3n) is 1.70. The monoisotopic (exact) mass is 243 g/mol. The number of nitrogens with one attached hydrogen (secondary N) is 1. The number of pyridine rings is 1. The van der Waals surface area contributed by atoms with Crippen LogP contribution in [0.3, 0.4) is 0 Å². The largest absolute Gasteiger partial charge is 0.361 e. The van der Waals surface area contributed by atoms with Gasteiger partial charge in [-0.15, -0.1) is 11.3 Å². The Kier molecular flexibility index (Phi) is 3.13. The van der Waals surface area contributed by atoms with Crippen LogP contribution in [0.25, 0.3) is 0 Å². The average molecular weight is 244 g/mol. The summed E-state index contributed by atoms with van der Waals surface area (Å²) in [7, 11) is 0. The van der Waals surface area contributed by atoms with Crippen LogP contribution in [-0.2, 0) is 6.54 Å². The van der Waals surface area contributed by atoms with E-state index in [-0.39, 0.29) is 10.8 Å². The van der Waals surface area contributed by atoms with E-state index >= 15 is 0 Å². The lowest BCUT2D eigenvalue weighted by atomic mass is 10.4. The number of anilines is 1. The van der Waals surface area contributed by atoms with Gasteiger partial charge in [0.05, 0.1) is 11.6 Å². The van der Waals surface area contributed by atoms with Gasteiger partial charge in [-0.2, -0.15) is 0 Å². The van der Waals surface area contributed by atoms with Gasteiger partial charge in [0.1, 0.15) is 5.01 Å². The molecule has 2 aromatic rings. The summed E-state index contributed by atoms with van der Waals surface area (Å²) in [6.07, 6.45) is 3.10. The first kappa shape index (κ1) is 10.3. The van der Waals surface area contributed by atoms with E-state index in [2.05, 4.69) is 15.3 Å². The second-order valence-electron chi connectivity index (χ2n) is 2.76. The van der Waals surface area contributed by atoms with Crippen LogP contribution in [-0.4, -0.2) is 9.97 Å². The van der Waals surface area contributed by atoms with Crippen LogP contribution >= 0.6 is 22.9 Å². The maximum Gasteiger partial charge on any atom is 0.166 e. The molecule has 0 aliphatic heterocycles. The molecular weight excluding hydrogens is 237 g/mol. The molecule has 15 heavy (non-hydrogen) atoms. The molecular formula is C9H7ClFN3S. The highest BCUT2D eigenvalue weighted by molar-refractivity contribution is 7.09. The molecule has 0 fully saturated rings. The van der Waals surface area contributed by atoms with Crippen LogP contribution in [0.1, 0.15) is 5.01 Å². The number of halogens is 2. The standard InChI is InChI=1S/C9H7ClFN3S/c10-6-3-7(11)9(13-4-6)14-5-8-12-1-2-15-8/h1-4H,5H2,(H,13,14). The van der Waals surface area contributed by atoms with Gasteiger partial charge in [0, 0.05) is 17.8 Å². The maximum atomic E-state index is 13.3. The minimum atomic E-state index is -0.459. The number of thiazole rings is 1. The smallest absolute Gasteiger partial charge is 0.166 e. The van der Waals surface area contributed by atoms with Gasteiger partial charge in [0.15, 0.2) is 11.6 Å². The van der Waals surface area contributed by atoms with Crippen molar-refractivity contribution in [1.82, 2.24) is 9.97 Å². The molecule has 6 heteroatoms. The summed E-state index contributed by atoms with van der Waals surface area (Å²) in [5, 5.41) is 5.87. The number of aromatic nitrogens is 2. The van der Waals surface area contributed by atoms with Crippen LogP contribution < -0.4 is 5.32 Å². The van der Waals surface area contributed by atoms with Crippen molar-refractivity contribution in [1.29, 1.82) is 0 Å². The van der Waals surface area contributed by atoms with E-state index in [0.717, 1.165) is 5.01 Å². The van der Waals surface area contributed by atoms with Crippen molar-refractivity contribution in [3.63, 3.8) is 0 Å². The van der Waals surface area contributed by atoms with Crippen molar-refractivity contribution in [2.45, 2.75) is 6.54 Å². The molecule has 2 rings (SSSR count). The van der Waals surface area contributed by atoms with Gasteiger partial charge in [-0.3, -0.25) is 0 Å². The van der Waals surface area contributed by atoms with Crippen LogP contribution in [0.4, 0.5) is 10.2 Å². The minimum Gasteiger partial charge on any atom is -0.361 e. The molecule has 3 nitrogen and oxygen atoms in total. The number of hydrogen-bond donors (Lipinski definition) is 1. The molecule has 0 radical (unpaired) electrons. The maximum absolute atomic E-state index is 13.3. The van der Waals surface area contributed by atoms with Gasteiger partial charge in [-0.05, 0) is 6.07 Å². The minimum absolute atomic E-state index is 0.189. The molecule has 0 aliphatic carbocycles. The highest BCUT2D eigenvalue weighted by atomic mass is 35.5. The zero-order chi connectivity index (χ0) is 10.7. The summed E-state index contributed by atoms with van der Waals surface area (Å²) >= 11 is 7.08. The normalized spacial score (nSPS) is 10.3. The van der Waals surface area contributed by atoms with Crippen molar-refractivity contribution >= 4 is 28.8 Å². The summed E-state index contributed by atoms with van der Waals surface area (Å²) in [5.41, 5.74) is 0. The SMILES string of the molecule is Fc1cc(Cl)cnc1NCc1nccs1. The molecule has 0 atom stereocenters. The molecule has 2 heterocycles. The Morgan fingerprint density at radius 3 is 3.00 bits per heavy atom. The van der Waals surface area contributed by atoms with Crippen molar-refractivity contribution in [3.8, 4) is 0 Å². The molecule has 0 bridgehead atoms. The first-order valence-corrected chi connectivity index (χ1v) is 5.45. The fourth-order valence-corrected chi connectivity index (χ4v) is 1.74. The lowest BCUT2D eigenvalue weighted by Gasteiger charge is -2.04. The fourth-order valence-electron chi connectivity index (χ4n) is 1.04. The number of rotatable bonds is 3. The van der Waals surface area contributed by atoms with Gasteiger partial charge >= 0.3 is 0 Å². The topological polar surface area (TPSA) is 37.8 Å². The summed E-state index contributed by atoms with van der Waals surface area (Å²) < 4.78 is 13.3. The molecule has 78 valence electrons. The number of hydrogen-bond acceptors (Lipinski definition) is 4. The highest BCUT2D eigenvalue weighted by Crippen LogP contribution is 2.16. The highest BCUT2D eigenvalue weighted by Gasteiger charge is 2.04. The lowest BCUT2D eigenvalue weighted by molar-refractivity contribution is 0.624. The van der Waals surface area contributed by atoms with Crippen LogP contribution in [0.5, 0.6) is 0 Å². The van der Waals surface area contributed by atoms with E-state index in [0.29, 0.717) is 6.54 Å². The van der Waals surface area contributed by atoms with Gasteiger partial charge < -0.3 is 5.32 Å². The Labute approximate surface area is 95.0 Å². The molecule has 1 N–H and O–H groups in total. The summed E-state index contributed by atoms with van der Waals surface area (Å²) in [6, 6.07) is 1.22.